The molecule has 0 aliphatic carbocycles. The van der Waals surface area contributed by atoms with Crippen LogP contribution in [0.15, 0.2) is 53.5 Å². The number of methoxy groups -OCH3 is 2. The Bertz CT molecular complexity index is 1070. The second kappa shape index (κ2) is 7.72. The molecule has 2 heterocycles. The summed E-state index contributed by atoms with van der Waals surface area (Å²) in [6.45, 7) is 0. The third-order valence-electron chi connectivity index (χ3n) is 4.93. The lowest BCUT2D eigenvalue weighted by Crippen LogP contribution is -2.38. The summed E-state index contributed by atoms with van der Waals surface area (Å²) in [5, 5.41) is 0.293. The zero-order chi connectivity index (χ0) is 20.6. The average Bonchev–Trinajstić information content (AvgIpc) is 3.18. The number of hydrogen-bond donors (Lipinski definition) is 0. The van der Waals surface area contributed by atoms with Crippen LogP contribution in [0.3, 0.4) is 0 Å². The van der Waals surface area contributed by atoms with Crippen LogP contribution in [0.5, 0.6) is 11.5 Å². The van der Waals surface area contributed by atoms with E-state index in [-0.39, 0.29) is 28.7 Å². The molecule has 1 amide bonds. The maximum atomic E-state index is 12.7. The first-order valence-electron chi connectivity index (χ1n) is 8.98. The third kappa shape index (κ3) is 3.84. The number of hydrogen-bond acceptors (Lipinski definition) is 6. The quantitative estimate of drug-likeness (QED) is 0.734. The first-order valence-corrected chi connectivity index (χ1v) is 11.7. The van der Waals surface area contributed by atoms with Crippen molar-refractivity contribution in [2.45, 2.75) is 11.3 Å². The van der Waals surface area contributed by atoms with Gasteiger partial charge in [0.25, 0.3) is 5.91 Å². The molecule has 2 aromatic carbocycles. The molecule has 2 aliphatic rings. The minimum atomic E-state index is -3.15. The van der Waals surface area contributed by atoms with E-state index in [1.165, 1.54) is 18.9 Å². The smallest absolute Gasteiger partial charge is 0.279 e. The number of ether oxygens (including phenoxy) is 2. The van der Waals surface area contributed by atoms with E-state index >= 15 is 0 Å². The Balaban J connectivity index is 1.78. The molecule has 152 valence electrons. The average molecular weight is 433 g/mol. The van der Waals surface area contributed by atoms with Gasteiger partial charge in [-0.3, -0.25) is 4.79 Å². The van der Waals surface area contributed by atoms with Crippen molar-refractivity contribution in [2.75, 3.05) is 30.6 Å². The van der Waals surface area contributed by atoms with E-state index in [1.807, 2.05) is 11.0 Å². The molecule has 2 aromatic rings. The number of amides is 1. The summed E-state index contributed by atoms with van der Waals surface area (Å²) in [7, 11) is -0.0522. The molecular formula is C20H20N2O5S2. The molecular weight excluding hydrogens is 412 g/mol. The van der Waals surface area contributed by atoms with E-state index in [9.17, 15) is 13.2 Å². The number of benzene rings is 2. The van der Waals surface area contributed by atoms with Crippen molar-refractivity contribution in [3.8, 4) is 11.5 Å². The molecule has 2 fully saturated rings. The van der Waals surface area contributed by atoms with E-state index in [1.54, 1.807) is 49.6 Å². The Kier molecular flexibility index (Phi) is 5.26. The van der Waals surface area contributed by atoms with Crippen molar-refractivity contribution < 1.29 is 22.7 Å². The Hall–Kier alpha value is -2.52. The molecule has 0 N–H and O–H groups in total. The van der Waals surface area contributed by atoms with Gasteiger partial charge >= 0.3 is 0 Å². The molecule has 7 nitrogen and oxygen atoms in total. The van der Waals surface area contributed by atoms with Gasteiger partial charge < -0.3 is 14.4 Å². The minimum absolute atomic E-state index is 0.0123. The summed E-state index contributed by atoms with van der Waals surface area (Å²) < 4.78 is 35.2. The molecule has 0 unspecified atom stereocenters. The number of carbonyl (C=O) groups excluding carboxylic acids is 1. The monoisotopic (exact) mass is 432 g/mol. The van der Waals surface area contributed by atoms with E-state index in [2.05, 4.69) is 4.99 Å². The molecule has 2 saturated heterocycles. The number of nitrogens with zero attached hydrogens (tertiary/aromatic N) is 2. The second-order valence-electron chi connectivity index (χ2n) is 6.77. The van der Waals surface area contributed by atoms with Crippen LogP contribution in [0.25, 0.3) is 0 Å². The predicted octanol–water partition coefficient (Wildman–Crippen LogP) is 2.62. The van der Waals surface area contributed by atoms with Crippen LogP contribution in [-0.4, -0.2) is 56.5 Å². The summed E-state index contributed by atoms with van der Waals surface area (Å²) in [6.07, 6.45) is 0. The van der Waals surface area contributed by atoms with Crippen LogP contribution in [0.2, 0.25) is 0 Å². The largest absolute Gasteiger partial charge is 0.497 e. The normalized spacial score (nSPS) is 23.8. The zero-order valence-electron chi connectivity index (χ0n) is 15.9. The lowest BCUT2D eigenvalue weighted by molar-refractivity contribution is 0.100. The molecule has 4 rings (SSSR count). The van der Waals surface area contributed by atoms with Crippen molar-refractivity contribution in [2.24, 2.45) is 4.99 Å². The van der Waals surface area contributed by atoms with Gasteiger partial charge in [0.15, 0.2) is 15.0 Å². The number of fused-ring (bicyclic) bond motifs is 1. The molecule has 2 atom stereocenters. The topological polar surface area (TPSA) is 85.3 Å². The van der Waals surface area contributed by atoms with Crippen molar-refractivity contribution in [3.63, 3.8) is 0 Å². The Morgan fingerprint density at radius 2 is 1.86 bits per heavy atom. The number of anilines is 1. The fraction of sp³-hybridized carbons (Fsp3) is 0.300. The van der Waals surface area contributed by atoms with Crippen LogP contribution >= 0.6 is 11.8 Å². The third-order valence-corrected chi connectivity index (χ3v) is 8.14. The molecule has 0 radical (unpaired) electrons. The van der Waals surface area contributed by atoms with Crippen LogP contribution in [0, 0.1) is 0 Å². The molecule has 0 bridgehead atoms. The summed E-state index contributed by atoms with van der Waals surface area (Å²) in [5.41, 5.74) is 1.14. The van der Waals surface area contributed by atoms with Gasteiger partial charge in [-0.25, -0.2) is 8.42 Å². The van der Waals surface area contributed by atoms with Gasteiger partial charge in [-0.05, 0) is 24.3 Å². The Labute approximate surface area is 173 Å². The van der Waals surface area contributed by atoms with Crippen molar-refractivity contribution in [1.29, 1.82) is 0 Å². The molecule has 2 aliphatic heterocycles. The van der Waals surface area contributed by atoms with Crippen molar-refractivity contribution in [1.82, 2.24) is 0 Å². The fourth-order valence-electron chi connectivity index (χ4n) is 3.56. The highest BCUT2D eigenvalue weighted by Gasteiger charge is 2.50. The lowest BCUT2D eigenvalue weighted by Gasteiger charge is -2.26. The zero-order valence-corrected chi connectivity index (χ0v) is 17.6. The minimum Gasteiger partial charge on any atom is -0.497 e. The maximum Gasteiger partial charge on any atom is 0.279 e. The van der Waals surface area contributed by atoms with E-state index in [0.717, 1.165) is 0 Å². The van der Waals surface area contributed by atoms with Crippen molar-refractivity contribution >= 4 is 38.4 Å². The Morgan fingerprint density at radius 1 is 1.10 bits per heavy atom. The van der Waals surface area contributed by atoms with Crippen LogP contribution in [-0.2, 0) is 9.84 Å². The summed E-state index contributed by atoms with van der Waals surface area (Å²) in [4.78, 5) is 18.8. The molecule has 29 heavy (non-hydrogen) atoms. The van der Waals surface area contributed by atoms with Crippen LogP contribution < -0.4 is 14.4 Å². The highest BCUT2D eigenvalue weighted by Crippen LogP contribution is 2.44. The van der Waals surface area contributed by atoms with Gasteiger partial charge in [-0.15, -0.1) is 0 Å². The van der Waals surface area contributed by atoms with Gasteiger partial charge in [0.1, 0.15) is 11.5 Å². The van der Waals surface area contributed by atoms with Gasteiger partial charge in [0.05, 0.1) is 37.5 Å². The first-order chi connectivity index (χ1) is 13.9. The number of amidine groups is 1. The number of rotatable bonds is 4. The summed E-state index contributed by atoms with van der Waals surface area (Å²) in [6, 6.07) is 13.8. The van der Waals surface area contributed by atoms with E-state index < -0.39 is 9.84 Å². The van der Waals surface area contributed by atoms with Gasteiger partial charge in [0, 0.05) is 16.9 Å². The molecule has 0 aromatic heterocycles. The lowest BCUT2D eigenvalue weighted by atomic mass is 10.2. The standard InChI is InChI=1S/C20H20N2O5S2/c1-26-14-8-9-15(17(10-14)27-2)22-16-11-29(24,25)12-18(16)28-20(22)21-19(23)13-6-4-3-5-7-13/h3-10,16,18H,11-12H2,1-2H3/t16-,18-/m0/s1. The van der Waals surface area contributed by atoms with Gasteiger partial charge in [-0.2, -0.15) is 4.99 Å². The number of carbonyl (C=O) groups is 1. The summed E-state index contributed by atoms with van der Waals surface area (Å²) >= 11 is 1.33. The summed E-state index contributed by atoms with van der Waals surface area (Å²) in [5.74, 6) is 0.851. The van der Waals surface area contributed by atoms with E-state index in [4.69, 9.17) is 9.47 Å². The molecule has 9 heteroatoms. The highest BCUT2D eigenvalue weighted by molar-refractivity contribution is 8.16. The van der Waals surface area contributed by atoms with Crippen molar-refractivity contribution in [3.05, 3.63) is 54.1 Å². The second-order valence-corrected chi connectivity index (χ2v) is 10.1. The number of aliphatic imine (C=N–C) groups is 1. The van der Waals surface area contributed by atoms with Gasteiger partial charge in [-0.1, -0.05) is 30.0 Å². The SMILES string of the molecule is COc1ccc(N2C(=NC(=O)c3ccccc3)S[C@H]3CS(=O)(=O)C[C@@H]32)c(OC)c1. The first kappa shape index (κ1) is 19.8. The maximum absolute atomic E-state index is 12.7. The van der Waals surface area contributed by atoms with Crippen LogP contribution in [0.1, 0.15) is 10.4 Å². The highest BCUT2D eigenvalue weighted by atomic mass is 32.2. The predicted molar refractivity (Wildman–Crippen MR) is 114 cm³/mol. The van der Waals surface area contributed by atoms with Crippen LogP contribution in [0.4, 0.5) is 5.69 Å². The van der Waals surface area contributed by atoms with Gasteiger partial charge in [0.2, 0.25) is 0 Å². The number of sulfone groups is 1. The fourth-order valence-corrected chi connectivity index (χ4v) is 7.47. The van der Waals surface area contributed by atoms with E-state index in [0.29, 0.717) is 27.9 Å². The molecule has 0 saturated carbocycles. The Morgan fingerprint density at radius 3 is 2.55 bits per heavy atom. The molecule has 0 spiro atoms. The number of thioether (sulfide) groups is 1.